The fourth-order valence-corrected chi connectivity index (χ4v) is 0.697. The van der Waals surface area contributed by atoms with Gasteiger partial charge < -0.3 is 11.8 Å². The molecule has 1 unspecified atom stereocenters. The van der Waals surface area contributed by atoms with Crippen LogP contribution < -0.4 is 0 Å². The van der Waals surface area contributed by atoms with E-state index in [0.717, 1.165) is 0 Å². The summed E-state index contributed by atoms with van der Waals surface area (Å²) in [6.07, 6.45) is 5.21. The Hall–Kier alpha value is 1.41. The summed E-state index contributed by atoms with van der Waals surface area (Å²) in [5.74, 6) is 0.704. The predicted octanol–water partition coefficient (Wildman–Crippen LogP) is 3.22. The van der Waals surface area contributed by atoms with Gasteiger partial charge in [-0.25, -0.2) is 4.57 Å². The predicted molar refractivity (Wildman–Crippen MR) is 48.5 cm³/mol. The summed E-state index contributed by atoms with van der Waals surface area (Å²) in [6.45, 7) is 8.42. The second-order valence-electron chi connectivity index (χ2n) is 2.50. The molecule has 0 bridgehead atoms. The minimum Gasteiger partial charge on any atom is -0.340 e. The maximum atomic E-state index is 8.46. The molecule has 0 spiro atoms. The molecule has 1 atom stereocenters. The topological polar surface area (TPSA) is 37.3 Å². The van der Waals surface area contributed by atoms with Gasteiger partial charge in [0.2, 0.25) is 0 Å². The van der Waals surface area contributed by atoms with Crippen LogP contribution in [0.5, 0.6) is 0 Å². The first kappa shape index (κ1) is 19.1. The van der Waals surface area contributed by atoms with Crippen LogP contribution in [0.25, 0.3) is 0 Å². The van der Waals surface area contributed by atoms with Crippen LogP contribution in [0.3, 0.4) is 0 Å². The van der Waals surface area contributed by atoms with Gasteiger partial charge in [-0.1, -0.05) is 39.5 Å². The third kappa shape index (κ3) is 22.5. The van der Waals surface area contributed by atoms with E-state index < -0.39 is 8.69 Å². The number of hydrogen-bond acceptors (Lipinski definition) is 1. The van der Waals surface area contributed by atoms with Gasteiger partial charge in [-0.3, -0.25) is 0 Å². The summed E-state index contributed by atoms with van der Waals surface area (Å²) in [4.78, 5) is 6.99. The Morgan fingerprint density at radius 3 is 2.17 bits per heavy atom. The van der Waals surface area contributed by atoms with Crippen LogP contribution in [0.1, 0.15) is 39.5 Å². The van der Waals surface area contributed by atoms with E-state index in [-0.39, 0.29) is 40.8 Å². The Morgan fingerprint density at radius 2 is 1.92 bits per heavy atom. The average Bonchev–Trinajstić information content (AvgIpc) is 2.02. The van der Waals surface area contributed by atoms with Crippen molar-refractivity contribution < 1.29 is 50.3 Å². The van der Waals surface area contributed by atoms with Gasteiger partial charge in [0.15, 0.2) is 0 Å². The number of rotatable bonds is 4. The molecule has 0 amide bonds. The Morgan fingerprint density at radius 1 is 1.50 bits per heavy atom. The van der Waals surface area contributed by atoms with Crippen molar-refractivity contribution in [3.8, 4) is 0 Å². The van der Waals surface area contributed by atoms with Crippen molar-refractivity contribution in [2.75, 3.05) is 0 Å². The standard InChI is InChI=1S/C8H17.Nd.HO2P/c1-4-6-7-8(3)5-2;;1-3-2/h8H,3-7H2,1-2H3;;(H,1,2)/q-1;;. The normalized spacial score (nSPS) is 11.0. The number of hydrogen-bond donors (Lipinski definition) is 1. The van der Waals surface area contributed by atoms with Crippen molar-refractivity contribution in [2.45, 2.75) is 39.5 Å². The summed E-state index contributed by atoms with van der Waals surface area (Å²) < 4.78 is 8.46. The first-order valence-electron chi connectivity index (χ1n) is 4.02. The Balaban J connectivity index is -0.000000177. The molecule has 0 heterocycles. The minimum absolute atomic E-state index is 0. The molecule has 0 aliphatic heterocycles. The molecule has 0 fully saturated rings. The van der Waals surface area contributed by atoms with Crippen LogP contribution in [-0.4, -0.2) is 4.89 Å². The van der Waals surface area contributed by atoms with Crippen molar-refractivity contribution >= 4 is 8.69 Å². The van der Waals surface area contributed by atoms with E-state index in [2.05, 4.69) is 20.8 Å². The van der Waals surface area contributed by atoms with Crippen LogP contribution in [0, 0.1) is 53.7 Å². The van der Waals surface area contributed by atoms with Crippen molar-refractivity contribution in [3.05, 3.63) is 6.92 Å². The third-order valence-corrected chi connectivity index (χ3v) is 1.54. The van der Waals surface area contributed by atoms with Gasteiger partial charge in [-0.15, -0.1) is 0 Å². The molecular formula is C8H18NdO2P-. The zero-order chi connectivity index (χ0) is 9.11. The summed E-state index contributed by atoms with van der Waals surface area (Å²) in [7, 11) is -0.833. The molecular weight excluding hydrogens is 303 g/mol. The molecule has 0 radical (unpaired) electrons. The number of unbranched alkanes of at least 4 members (excludes halogenated alkanes) is 1. The molecule has 0 aliphatic rings. The van der Waals surface area contributed by atoms with Crippen LogP contribution >= 0.6 is 8.69 Å². The summed E-state index contributed by atoms with van der Waals surface area (Å²) in [5.41, 5.74) is 0. The second-order valence-corrected chi connectivity index (χ2v) is 2.66. The van der Waals surface area contributed by atoms with Gasteiger partial charge in [-0.2, -0.15) is 5.92 Å². The van der Waals surface area contributed by atoms with Crippen molar-refractivity contribution in [1.82, 2.24) is 0 Å². The quantitative estimate of drug-likeness (QED) is 0.638. The van der Waals surface area contributed by atoms with E-state index >= 15 is 0 Å². The van der Waals surface area contributed by atoms with Gasteiger partial charge >= 0.3 is 8.69 Å². The van der Waals surface area contributed by atoms with Crippen LogP contribution in [0.4, 0.5) is 0 Å². The van der Waals surface area contributed by atoms with E-state index in [1.165, 1.54) is 25.7 Å². The zero-order valence-corrected chi connectivity index (χ0v) is 12.0. The fourth-order valence-electron chi connectivity index (χ4n) is 0.697. The molecule has 0 aromatic rings. The average molecular weight is 321 g/mol. The molecule has 72 valence electrons. The molecule has 0 aromatic carbocycles. The van der Waals surface area contributed by atoms with Gasteiger partial charge in [0, 0.05) is 40.8 Å². The molecule has 2 nitrogen and oxygen atoms in total. The van der Waals surface area contributed by atoms with Crippen molar-refractivity contribution in [1.29, 1.82) is 0 Å². The SMILES string of the molecule is O=PO.[CH2-]C(CC)CCCC.[Nd]. The monoisotopic (exact) mass is 319 g/mol. The fraction of sp³-hybridized carbons (Fsp3) is 0.875. The van der Waals surface area contributed by atoms with E-state index in [0.29, 0.717) is 5.92 Å². The maximum absolute atomic E-state index is 8.46. The first-order valence-corrected chi connectivity index (χ1v) is 4.79. The molecule has 1 N–H and O–H groups in total. The van der Waals surface area contributed by atoms with Crippen molar-refractivity contribution in [2.24, 2.45) is 5.92 Å². The first-order chi connectivity index (χ1) is 5.22. The van der Waals surface area contributed by atoms with Gasteiger partial charge in [0.05, 0.1) is 0 Å². The van der Waals surface area contributed by atoms with Crippen LogP contribution in [0.15, 0.2) is 0 Å². The smallest absolute Gasteiger partial charge is 0.324 e. The van der Waals surface area contributed by atoms with Gasteiger partial charge in [-0.05, 0) is 0 Å². The summed E-state index contributed by atoms with van der Waals surface area (Å²) in [6, 6.07) is 0. The molecule has 0 aliphatic carbocycles. The molecule has 0 rings (SSSR count). The Bertz CT molecular complexity index is 81.5. The summed E-state index contributed by atoms with van der Waals surface area (Å²) >= 11 is 0. The third-order valence-electron chi connectivity index (χ3n) is 1.54. The van der Waals surface area contributed by atoms with Crippen LogP contribution in [0.2, 0.25) is 0 Å². The van der Waals surface area contributed by atoms with E-state index in [9.17, 15) is 0 Å². The van der Waals surface area contributed by atoms with Crippen molar-refractivity contribution in [3.63, 3.8) is 0 Å². The molecule has 0 aromatic heterocycles. The van der Waals surface area contributed by atoms with E-state index in [1.807, 2.05) is 0 Å². The van der Waals surface area contributed by atoms with Gasteiger partial charge in [0.25, 0.3) is 0 Å². The van der Waals surface area contributed by atoms with E-state index in [4.69, 9.17) is 9.46 Å². The van der Waals surface area contributed by atoms with Gasteiger partial charge in [0.1, 0.15) is 0 Å². The summed E-state index contributed by atoms with van der Waals surface area (Å²) in [5, 5.41) is 0. The van der Waals surface area contributed by atoms with Crippen LogP contribution in [-0.2, 0) is 4.57 Å². The minimum atomic E-state index is -0.833. The molecule has 0 saturated carbocycles. The maximum Gasteiger partial charge on any atom is 0.324 e. The van der Waals surface area contributed by atoms with E-state index in [1.54, 1.807) is 0 Å². The zero-order valence-electron chi connectivity index (χ0n) is 7.92. The second kappa shape index (κ2) is 18.2. The Kier molecular flexibility index (Phi) is 29.0. The largest absolute Gasteiger partial charge is 0.340 e. The molecule has 12 heavy (non-hydrogen) atoms. The molecule has 4 heteroatoms. The Labute approximate surface area is 110 Å². The molecule has 0 saturated heterocycles.